The molecule has 2 aromatic heterocycles. The van der Waals surface area contributed by atoms with Gasteiger partial charge >= 0.3 is 0 Å². The molecule has 4 aromatic rings. The molecular formula is C23H19N3O3. The first kappa shape index (κ1) is 18.4. The first-order valence-electron chi connectivity index (χ1n) is 9.07. The lowest BCUT2D eigenvalue weighted by Crippen LogP contribution is -2.24. The number of pyridine rings is 2. The quantitative estimate of drug-likeness (QED) is 0.564. The molecule has 0 aliphatic heterocycles. The number of fused-ring (bicyclic) bond motifs is 1. The van der Waals surface area contributed by atoms with Crippen molar-refractivity contribution in [3.63, 3.8) is 0 Å². The van der Waals surface area contributed by atoms with Gasteiger partial charge in [0.15, 0.2) is 0 Å². The van der Waals surface area contributed by atoms with Gasteiger partial charge < -0.3 is 15.4 Å². The number of hydrogen-bond donors (Lipinski definition) is 2. The lowest BCUT2D eigenvalue weighted by atomic mass is 10.0. The number of benzene rings is 2. The van der Waals surface area contributed by atoms with Gasteiger partial charge in [-0.15, -0.1) is 0 Å². The molecule has 6 heteroatoms. The number of carbonyl (C=O) groups is 1. The van der Waals surface area contributed by atoms with Crippen molar-refractivity contribution in [3.05, 3.63) is 88.0 Å². The van der Waals surface area contributed by atoms with Gasteiger partial charge in [0, 0.05) is 29.7 Å². The van der Waals surface area contributed by atoms with Crippen LogP contribution in [0.5, 0.6) is 5.75 Å². The molecule has 2 aromatic carbocycles. The fraction of sp³-hybridized carbons (Fsp3) is 0.0870. The third-order valence-electron chi connectivity index (χ3n) is 5.04. The van der Waals surface area contributed by atoms with E-state index in [9.17, 15) is 14.7 Å². The van der Waals surface area contributed by atoms with E-state index < -0.39 is 11.3 Å². The number of phenolic OH excluding ortho intramolecular Hbond substituents is 1. The summed E-state index contributed by atoms with van der Waals surface area (Å²) in [5.74, 6) is -0.567. The Morgan fingerprint density at radius 3 is 2.28 bits per heavy atom. The Hall–Kier alpha value is -3.93. The zero-order chi connectivity index (χ0) is 20.7. The average Bonchev–Trinajstić information content (AvgIpc) is 2.72. The Kier molecular flexibility index (Phi) is 4.39. The standard InChI is InChI=1S/C23H19N3O3/c1-13-9-17(10-14(2)21(13)27)26-12-19(23(24)29)22(28)18-4-3-16(11-20(18)26)15-5-7-25-8-6-15/h3-12,27H,1-2H3,(H2,24,29). The molecule has 6 nitrogen and oxygen atoms in total. The van der Waals surface area contributed by atoms with E-state index in [4.69, 9.17) is 5.73 Å². The summed E-state index contributed by atoms with van der Waals surface area (Å²) in [5, 5.41) is 10.5. The van der Waals surface area contributed by atoms with Crippen LogP contribution in [0.3, 0.4) is 0 Å². The van der Waals surface area contributed by atoms with Crippen LogP contribution in [0.1, 0.15) is 21.5 Å². The Morgan fingerprint density at radius 1 is 1.00 bits per heavy atom. The number of nitrogens with zero attached hydrogens (tertiary/aromatic N) is 2. The predicted octanol–water partition coefficient (Wildman–Crippen LogP) is 3.47. The van der Waals surface area contributed by atoms with Crippen molar-refractivity contribution in [3.8, 4) is 22.6 Å². The van der Waals surface area contributed by atoms with Gasteiger partial charge in [-0.3, -0.25) is 14.6 Å². The van der Waals surface area contributed by atoms with E-state index in [2.05, 4.69) is 4.98 Å². The minimum atomic E-state index is -0.781. The third-order valence-corrected chi connectivity index (χ3v) is 5.04. The molecule has 2 heterocycles. The monoisotopic (exact) mass is 385 g/mol. The number of amides is 1. The number of carbonyl (C=O) groups excluding carboxylic acids is 1. The first-order valence-corrected chi connectivity index (χ1v) is 9.07. The summed E-state index contributed by atoms with van der Waals surface area (Å²) < 4.78 is 1.76. The van der Waals surface area contributed by atoms with Gasteiger partial charge in [-0.1, -0.05) is 6.07 Å². The van der Waals surface area contributed by atoms with Gasteiger partial charge in [0.05, 0.1) is 5.52 Å². The van der Waals surface area contributed by atoms with Crippen LogP contribution >= 0.6 is 0 Å². The number of aromatic nitrogens is 2. The minimum absolute atomic E-state index is 0.0856. The number of primary amides is 1. The summed E-state index contributed by atoms with van der Waals surface area (Å²) in [7, 11) is 0. The van der Waals surface area contributed by atoms with Gasteiger partial charge in [0.2, 0.25) is 5.43 Å². The van der Waals surface area contributed by atoms with Crippen LogP contribution in [0.25, 0.3) is 27.7 Å². The van der Waals surface area contributed by atoms with Gasteiger partial charge in [0.1, 0.15) is 11.3 Å². The van der Waals surface area contributed by atoms with Gasteiger partial charge in [-0.25, -0.2) is 0 Å². The third kappa shape index (κ3) is 3.14. The molecule has 0 atom stereocenters. The summed E-state index contributed by atoms with van der Waals surface area (Å²) in [4.78, 5) is 28.8. The molecule has 0 saturated carbocycles. The number of rotatable bonds is 3. The number of aromatic hydroxyl groups is 1. The van der Waals surface area contributed by atoms with Gasteiger partial charge in [-0.2, -0.15) is 0 Å². The number of aryl methyl sites for hydroxylation is 2. The SMILES string of the molecule is Cc1cc(-n2cc(C(N)=O)c(=O)c3ccc(-c4ccncc4)cc32)cc(C)c1O. The van der Waals surface area contributed by atoms with Crippen molar-refractivity contribution in [2.45, 2.75) is 13.8 Å². The van der Waals surface area contributed by atoms with Crippen LogP contribution in [0, 0.1) is 13.8 Å². The molecule has 0 aliphatic rings. The molecule has 0 aliphatic carbocycles. The Bertz CT molecular complexity index is 1300. The molecular weight excluding hydrogens is 366 g/mol. The summed E-state index contributed by atoms with van der Waals surface area (Å²) in [6.45, 7) is 3.60. The molecule has 0 bridgehead atoms. The highest BCUT2D eigenvalue weighted by molar-refractivity contribution is 5.97. The second-order valence-corrected chi connectivity index (χ2v) is 7.00. The normalized spacial score (nSPS) is 11.0. The predicted molar refractivity (Wildman–Crippen MR) is 112 cm³/mol. The maximum absolute atomic E-state index is 12.8. The van der Waals surface area contributed by atoms with E-state index in [-0.39, 0.29) is 11.3 Å². The van der Waals surface area contributed by atoms with Crippen molar-refractivity contribution in [2.75, 3.05) is 0 Å². The van der Waals surface area contributed by atoms with Gasteiger partial charge in [0.25, 0.3) is 5.91 Å². The van der Waals surface area contributed by atoms with Crippen molar-refractivity contribution >= 4 is 16.8 Å². The lowest BCUT2D eigenvalue weighted by molar-refractivity contribution is 0.0999. The van der Waals surface area contributed by atoms with E-state index in [1.807, 2.05) is 24.3 Å². The fourth-order valence-electron chi connectivity index (χ4n) is 3.51. The van der Waals surface area contributed by atoms with E-state index in [1.165, 1.54) is 6.20 Å². The first-order chi connectivity index (χ1) is 13.9. The van der Waals surface area contributed by atoms with Crippen molar-refractivity contribution in [1.29, 1.82) is 0 Å². The van der Waals surface area contributed by atoms with Crippen LogP contribution < -0.4 is 11.2 Å². The fourth-order valence-corrected chi connectivity index (χ4v) is 3.51. The summed E-state index contributed by atoms with van der Waals surface area (Å²) >= 11 is 0. The largest absolute Gasteiger partial charge is 0.507 e. The smallest absolute Gasteiger partial charge is 0.254 e. The topological polar surface area (TPSA) is 98.2 Å². The van der Waals surface area contributed by atoms with Crippen molar-refractivity contribution in [1.82, 2.24) is 9.55 Å². The molecule has 1 amide bonds. The zero-order valence-corrected chi connectivity index (χ0v) is 16.0. The molecule has 4 rings (SSSR count). The van der Waals surface area contributed by atoms with E-state index >= 15 is 0 Å². The summed E-state index contributed by atoms with van der Waals surface area (Å²) in [6, 6.07) is 12.8. The highest BCUT2D eigenvalue weighted by atomic mass is 16.3. The maximum atomic E-state index is 12.8. The molecule has 0 spiro atoms. The Balaban J connectivity index is 2.09. The average molecular weight is 385 g/mol. The molecule has 0 radical (unpaired) electrons. The van der Waals surface area contributed by atoms with Gasteiger partial charge in [-0.05, 0) is 72.5 Å². The van der Waals surface area contributed by atoms with Crippen molar-refractivity contribution < 1.29 is 9.90 Å². The molecule has 144 valence electrons. The molecule has 0 fully saturated rings. The lowest BCUT2D eigenvalue weighted by Gasteiger charge is -2.16. The van der Waals surface area contributed by atoms with Crippen LogP contribution in [-0.4, -0.2) is 20.6 Å². The zero-order valence-electron chi connectivity index (χ0n) is 16.0. The van der Waals surface area contributed by atoms with E-state index in [1.54, 1.807) is 49.0 Å². The van der Waals surface area contributed by atoms with Crippen LogP contribution in [0.15, 0.2) is 65.8 Å². The molecule has 3 N–H and O–H groups in total. The summed E-state index contributed by atoms with van der Waals surface area (Å²) in [6.07, 6.45) is 4.87. The number of hydrogen-bond acceptors (Lipinski definition) is 4. The van der Waals surface area contributed by atoms with Crippen LogP contribution in [0.4, 0.5) is 0 Å². The molecule has 0 saturated heterocycles. The van der Waals surface area contributed by atoms with Crippen molar-refractivity contribution in [2.24, 2.45) is 5.73 Å². The van der Waals surface area contributed by atoms with E-state index in [0.717, 1.165) is 16.8 Å². The summed E-state index contributed by atoms with van der Waals surface area (Å²) in [5.41, 5.74) is 9.58. The highest BCUT2D eigenvalue weighted by Crippen LogP contribution is 2.29. The van der Waals surface area contributed by atoms with E-state index in [0.29, 0.717) is 22.0 Å². The minimum Gasteiger partial charge on any atom is -0.507 e. The van der Waals surface area contributed by atoms with Crippen LogP contribution in [0.2, 0.25) is 0 Å². The second-order valence-electron chi connectivity index (χ2n) is 7.00. The van der Waals surface area contributed by atoms with Crippen LogP contribution in [-0.2, 0) is 0 Å². The maximum Gasteiger partial charge on any atom is 0.254 e. The highest BCUT2D eigenvalue weighted by Gasteiger charge is 2.16. The number of phenols is 1. The molecule has 0 unspecified atom stereocenters. The number of nitrogens with two attached hydrogens (primary N) is 1. The Labute approximate surface area is 166 Å². The molecule has 29 heavy (non-hydrogen) atoms. The second kappa shape index (κ2) is 6.91. The Morgan fingerprint density at radius 2 is 1.66 bits per heavy atom.